The highest BCUT2D eigenvalue weighted by atomic mass is 16.5. The van der Waals surface area contributed by atoms with Gasteiger partial charge in [0.05, 0.1) is 13.2 Å². The molecule has 2 atom stereocenters. The predicted molar refractivity (Wildman–Crippen MR) is 113 cm³/mol. The fraction of sp³-hybridized carbons (Fsp3) is 0.818. The highest BCUT2D eigenvalue weighted by Gasteiger charge is 2.29. The first-order valence-electron chi connectivity index (χ1n) is 11.2. The summed E-state index contributed by atoms with van der Waals surface area (Å²) in [4.78, 5) is 9.51. The third-order valence-corrected chi connectivity index (χ3v) is 6.32. The molecule has 0 aromatic rings. The summed E-state index contributed by atoms with van der Waals surface area (Å²) in [6.07, 6.45) is 2.36. The summed E-state index contributed by atoms with van der Waals surface area (Å²) in [5, 5.41) is 19.0. The van der Waals surface area contributed by atoms with Gasteiger partial charge >= 0.3 is 0 Å². The second-order valence-electron chi connectivity index (χ2n) is 8.91. The Labute approximate surface area is 176 Å². The molecule has 3 heterocycles. The van der Waals surface area contributed by atoms with Crippen LogP contribution >= 0.6 is 0 Å². The largest absolute Gasteiger partial charge is 0.379 e. The van der Waals surface area contributed by atoms with E-state index in [2.05, 4.69) is 45.6 Å². The Morgan fingerprint density at radius 1 is 0.862 bits per heavy atom. The van der Waals surface area contributed by atoms with E-state index in [1.165, 1.54) is 6.42 Å². The summed E-state index contributed by atoms with van der Waals surface area (Å²) in [5.41, 5.74) is 0.259. The fourth-order valence-corrected chi connectivity index (χ4v) is 5.08. The first-order chi connectivity index (χ1) is 14.1. The lowest BCUT2D eigenvalue weighted by Crippen LogP contribution is -2.42. The number of rotatable bonds is 7. The van der Waals surface area contributed by atoms with E-state index in [1.807, 2.05) is 0 Å². The number of ether oxygens (including phenoxy) is 1. The van der Waals surface area contributed by atoms with Crippen LogP contribution in [0.5, 0.6) is 0 Å². The van der Waals surface area contributed by atoms with E-state index in [1.54, 1.807) is 0 Å². The lowest BCUT2D eigenvalue weighted by atomic mass is 9.92. The van der Waals surface area contributed by atoms with Crippen LogP contribution in [0.15, 0.2) is 11.4 Å². The van der Waals surface area contributed by atoms with Gasteiger partial charge < -0.3 is 19.4 Å². The summed E-state index contributed by atoms with van der Waals surface area (Å²) >= 11 is 0. The van der Waals surface area contributed by atoms with Crippen molar-refractivity contribution in [3.05, 3.63) is 11.4 Å². The summed E-state index contributed by atoms with van der Waals surface area (Å²) in [6.45, 7) is 16.3. The van der Waals surface area contributed by atoms with Gasteiger partial charge in [0.2, 0.25) is 0 Å². The van der Waals surface area contributed by atoms with E-state index < -0.39 is 0 Å². The van der Waals surface area contributed by atoms with Gasteiger partial charge in [-0.05, 0) is 24.7 Å². The second-order valence-corrected chi connectivity index (χ2v) is 8.91. The average Bonchev–Trinajstić information content (AvgIpc) is 3.10. The van der Waals surface area contributed by atoms with Crippen molar-refractivity contribution in [1.29, 1.82) is 10.5 Å². The molecule has 0 amide bonds. The second kappa shape index (κ2) is 10.8. The molecule has 0 aromatic carbocycles. The van der Waals surface area contributed by atoms with E-state index in [0.717, 1.165) is 103 Å². The number of nitriles is 2. The third kappa shape index (κ3) is 6.09. The Morgan fingerprint density at radius 3 is 2.10 bits per heavy atom. The van der Waals surface area contributed by atoms with Gasteiger partial charge in [0.25, 0.3) is 0 Å². The van der Waals surface area contributed by atoms with Gasteiger partial charge in [-0.1, -0.05) is 13.8 Å². The Kier molecular flexibility index (Phi) is 8.18. The Balaban J connectivity index is 1.55. The number of morpholine rings is 1. The summed E-state index contributed by atoms with van der Waals surface area (Å²) < 4.78 is 5.42. The average molecular weight is 401 g/mol. The van der Waals surface area contributed by atoms with E-state index in [-0.39, 0.29) is 5.57 Å². The van der Waals surface area contributed by atoms with Crippen molar-refractivity contribution in [3.8, 4) is 12.1 Å². The standard InChI is InChI=1S/C22H36N6O/c1-19-14-20(2)18-26(17-19)6-7-28-9-8-27(22(28)21(15-23)16-24)5-3-4-25-10-12-29-13-11-25/h19-20H,3-14,17-18H2,1-2H3. The van der Waals surface area contributed by atoms with Crippen molar-refractivity contribution in [3.63, 3.8) is 0 Å². The minimum absolute atomic E-state index is 0.259. The zero-order valence-corrected chi connectivity index (χ0v) is 18.1. The Morgan fingerprint density at radius 2 is 1.48 bits per heavy atom. The van der Waals surface area contributed by atoms with Gasteiger partial charge in [-0.15, -0.1) is 0 Å². The molecule has 0 N–H and O–H groups in total. The van der Waals surface area contributed by atoms with E-state index in [0.29, 0.717) is 0 Å². The highest BCUT2D eigenvalue weighted by molar-refractivity contribution is 5.40. The monoisotopic (exact) mass is 400 g/mol. The van der Waals surface area contributed by atoms with Gasteiger partial charge in [-0.25, -0.2) is 0 Å². The molecule has 3 aliphatic heterocycles. The molecule has 7 nitrogen and oxygen atoms in total. The number of nitrogens with zero attached hydrogens (tertiary/aromatic N) is 6. The van der Waals surface area contributed by atoms with Crippen molar-refractivity contribution < 1.29 is 4.74 Å². The van der Waals surface area contributed by atoms with Crippen LogP contribution in [0, 0.1) is 34.5 Å². The molecule has 3 saturated heterocycles. The van der Waals surface area contributed by atoms with Crippen LogP contribution in [0.3, 0.4) is 0 Å². The zero-order valence-electron chi connectivity index (χ0n) is 18.1. The minimum Gasteiger partial charge on any atom is -0.379 e. The smallest absolute Gasteiger partial charge is 0.169 e. The molecule has 0 aromatic heterocycles. The number of likely N-dealkylation sites (tertiary alicyclic amines) is 1. The quantitative estimate of drug-likeness (QED) is 0.601. The molecule has 0 aliphatic carbocycles. The number of hydrogen-bond acceptors (Lipinski definition) is 7. The van der Waals surface area contributed by atoms with Gasteiger partial charge in [0, 0.05) is 65.4 Å². The lowest BCUT2D eigenvalue weighted by Gasteiger charge is -2.36. The lowest BCUT2D eigenvalue weighted by molar-refractivity contribution is 0.0366. The molecule has 3 rings (SSSR count). The number of piperidine rings is 1. The van der Waals surface area contributed by atoms with Crippen molar-refractivity contribution in [1.82, 2.24) is 19.6 Å². The molecule has 0 bridgehead atoms. The van der Waals surface area contributed by atoms with Crippen LogP contribution in [-0.2, 0) is 4.74 Å². The van der Waals surface area contributed by atoms with Crippen molar-refractivity contribution in [2.24, 2.45) is 11.8 Å². The van der Waals surface area contributed by atoms with Crippen LogP contribution in [0.25, 0.3) is 0 Å². The SMILES string of the molecule is CC1CC(C)CN(CCN2CCN(CCCN3CCOCC3)C2=C(C#N)C#N)C1. The molecule has 0 radical (unpaired) electrons. The normalized spacial score (nSPS) is 26.4. The predicted octanol–water partition coefficient (Wildman–Crippen LogP) is 1.56. The summed E-state index contributed by atoms with van der Waals surface area (Å²) in [6, 6.07) is 4.28. The fourth-order valence-electron chi connectivity index (χ4n) is 5.08. The molecule has 160 valence electrons. The van der Waals surface area contributed by atoms with E-state index in [9.17, 15) is 10.5 Å². The van der Waals surface area contributed by atoms with Crippen LogP contribution in [0.2, 0.25) is 0 Å². The molecule has 3 aliphatic rings. The van der Waals surface area contributed by atoms with Crippen LogP contribution < -0.4 is 0 Å². The zero-order chi connectivity index (χ0) is 20.6. The van der Waals surface area contributed by atoms with Crippen molar-refractivity contribution in [2.45, 2.75) is 26.7 Å². The molecule has 29 heavy (non-hydrogen) atoms. The van der Waals surface area contributed by atoms with Gasteiger partial charge in [-0.3, -0.25) is 4.90 Å². The van der Waals surface area contributed by atoms with Crippen molar-refractivity contribution >= 4 is 0 Å². The topological polar surface area (TPSA) is 69.8 Å². The molecule has 3 fully saturated rings. The maximum absolute atomic E-state index is 9.52. The third-order valence-electron chi connectivity index (χ3n) is 6.32. The van der Waals surface area contributed by atoms with Crippen LogP contribution in [0.1, 0.15) is 26.7 Å². The number of allylic oxidation sites excluding steroid dienone is 1. The van der Waals surface area contributed by atoms with Crippen LogP contribution in [0.4, 0.5) is 0 Å². The molecule has 2 unspecified atom stereocenters. The first-order valence-corrected chi connectivity index (χ1v) is 11.2. The summed E-state index contributed by atoms with van der Waals surface area (Å²) in [5.74, 6) is 2.35. The van der Waals surface area contributed by atoms with Gasteiger partial charge in [0.15, 0.2) is 5.57 Å². The Bertz CT molecular complexity index is 619. The highest BCUT2D eigenvalue weighted by Crippen LogP contribution is 2.24. The maximum atomic E-state index is 9.52. The molecular weight excluding hydrogens is 364 g/mol. The van der Waals surface area contributed by atoms with Gasteiger partial charge in [-0.2, -0.15) is 10.5 Å². The Hall–Kier alpha value is -1.80. The van der Waals surface area contributed by atoms with E-state index in [4.69, 9.17) is 4.74 Å². The molecule has 0 spiro atoms. The molecule has 0 saturated carbocycles. The van der Waals surface area contributed by atoms with Crippen molar-refractivity contribution in [2.75, 3.05) is 78.7 Å². The molecule has 7 heteroatoms. The minimum atomic E-state index is 0.259. The first kappa shape index (κ1) is 21.9. The number of hydrogen-bond donors (Lipinski definition) is 0. The van der Waals surface area contributed by atoms with E-state index >= 15 is 0 Å². The van der Waals surface area contributed by atoms with Crippen LogP contribution in [-0.4, -0.2) is 98.3 Å². The van der Waals surface area contributed by atoms with Gasteiger partial charge in [0.1, 0.15) is 18.0 Å². The maximum Gasteiger partial charge on any atom is 0.169 e. The summed E-state index contributed by atoms with van der Waals surface area (Å²) in [7, 11) is 0. The molecular formula is C22H36N6O.